The molecule has 9 nitrogen and oxygen atoms in total. The fourth-order valence-corrected chi connectivity index (χ4v) is 3.42. The van der Waals surface area contributed by atoms with Crippen molar-refractivity contribution in [3.63, 3.8) is 0 Å². The molecular formula is C20H16N6O3S. The van der Waals surface area contributed by atoms with Crippen molar-refractivity contribution in [2.75, 3.05) is 5.75 Å². The van der Waals surface area contributed by atoms with Gasteiger partial charge in [0.25, 0.3) is 0 Å². The zero-order valence-corrected chi connectivity index (χ0v) is 16.4. The molecule has 0 fully saturated rings. The molecule has 10 heteroatoms. The number of H-pyrrole nitrogens is 1. The summed E-state index contributed by atoms with van der Waals surface area (Å²) in [6.07, 6.45) is 3.63. The highest BCUT2D eigenvalue weighted by atomic mass is 32.2. The van der Waals surface area contributed by atoms with E-state index in [0.29, 0.717) is 23.1 Å². The summed E-state index contributed by atoms with van der Waals surface area (Å²) in [7, 11) is 0. The van der Waals surface area contributed by atoms with Crippen molar-refractivity contribution in [1.82, 2.24) is 25.0 Å². The van der Waals surface area contributed by atoms with Crippen LogP contribution in [-0.2, 0) is 11.3 Å². The van der Waals surface area contributed by atoms with Crippen LogP contribution in [0.4, 0.5) is 5.69 Å². The average Bonchev–Trinajstić information content (AvgIpc) is 3.42. The van der Waals surface area contributed by atoms with Crippen LogP contribution in [0.2, 0.25) is 0 Å². The normalized spacial score (nSPS) is 10.8. The zero-order chi connectivity index (χ0) is 20.9. The number of nitrogens with zero attached hydrogens (tertiary/aromatic N) is 5. The van der Waals surface area contributed by atoms with Gasteiger partial charge in [0, 0.05) is 17.3 Å². The van der Waals surface area contributed by atoms with E-state index < -0.39 is 5.97 Å². The van der Waals surface area contributed by atoms with Gasteiger partial charge in [-0.05, 0) is 34.5 Å². The van der Waals surface area contributed by atoms with E-state index in [0.717, 1.165) is 28.5 Å². The Balaban J connectivity index is 1.60. The van der Waals surface area contributed by atoms with Gasteiger partial charge in [-0.2, -0.15) is 5.10 Å². The Hall–Kier alpha value is -3.79. The minimum atomic E-state index is -0.951. The number of rotatable bonds is 8. The smallest absolute Gasteiger partial charge is 0.313 e. The maximum absolute atomic E-state index is 11.2. The molecule has 0 saturated carbocycles. The monoisotopic (exact) mass is 420 g/mol. The van der Waals surface area contributed by atoms with E-state index in [1.165, 1.54) is 0 Å². The van der Waals surface area contributed by atoms with Crippen LogP contribution in [0.15, 0.2) is 71.3 Å². The van der Waals surface area contributed by atoms with Crippen LogP contribution in [-0.4, -0.2) is 41.8 Å². The van der Waals surface area contributed by atoms with Crippen LogP contribution < -0.4 is 0 Å². The van der Waals surface area contributed by atoms with E-state index in [4.69, 9.17) is 5.11 Å². The second kappa shape index (κ2) is 8.70. The molecule has 0 radical (unpaired) electrons. The number of hydrogen-bond donors (Lipinski definition) is 2. The summed E-state index contributed by atoms with van der Waals surface area (Å²) in [5, 5.41) is 23.3. The number of aliphatic carboxylic acids is 1. The van der Waals surface area contributed by atoms with Crippen LogP contribution in [0.25, 0.3) is 22.5 Å². The van der Waals surface area contributed by atoms with E-state index in [9.17, 15) is 9.70 Å². The molecule has 0 atom stereocenters. The summed E-state index contributed by atoms with van der Waals surface area (Å²) in [6, 6.07) is 15.1. The van der Waals surface area contributed by atoms with Crippen molar-refractivity contribution in [2.24, 2.45) is 5.18 Å². The minimum Gasteiger partial charge on any atom is -0.481 e. The summed E-state index contributed by atoms with van der Waals surface area (Å²) < 4.78 is 1.82. The minimum absolute atomic E-state index is 0.140. The lowest BCUT2D eigenvalue weighted by Gasteiger charge is -2.03. The van der Waals surface area contributed by atoms with E-state index in [-0.39, 0.29) is 11.4 Å². The van der Waals surface area contributed by atoms with Gasteiger partial charge in [-0.3, -0.25) is 14.6 Å². The second-order valence-corrected chi connectivity index (χ2v) is 7.36. The molecule has 0 aliphatic rings. The van der Waals surface area contributed by atoms with Gasteiger partial charge in [0.05, 0.1) is 18.5 Å². The Kier molecular flexibility index (Phi) is 5.66. The lowest BCUT2D eigenvalue weighted by atomic mass is 10.0. The number of nitroso groups, excluding NO2 is 1. The number of benzene rings is 2. The van der Waals surface area contributed by atoms with Gasteiger partial charge in [-0.1, -0.05) is 42.1 Å². The van der Waals surface area contributed by atoms with Crippen LogP contribution in [0.5, 0.6) is 0 Å². The Morgan fingerprint density at radius 2 is 1.93 bits per heavy atom. The number of aromatic nitrogens is 5. The standard InChI is InChI=1S/C20H16N6O3S/c27-18(28)12-30-20-22-19(23-24-20)15-6-14(7-17(8-15)25-29)16-9-21-26(11-16)10-13-4-2-1-3-5-13/h1-9,11H,10,12H2,(H,27,28)(H,22,23,24). The van der Waals surface area contributed by atoms with Gasteiger partial charge >= 0.3 is 5.97 Å². The lowest BCUT2D eigenvalue weighted by molar-refractivity contribution is -0.133. The molecule has 2 aromatic carbocycles. The Labute approximate surface area is 175 Å². The molecule has 0 aliphatic heterocycles. The highest BCUT2D eigenvalue weighted by Crippen LogP contribution is 2.30. The molecule has 2 aromatic heterocycles. The Morgan fingerprint density at radius 1 is 1.13 bits per heavy atom. The van der Waals surface area contributed by atoms with E-state index in [2.05, 4.69) is 25.5 Å². The number of carboxylic acid groups (broad SMARTS) is 1. The van der Waals surface area contributed by atoms with Gasteiger partial charge in [0.15, 0.2) is 5.82 Å². The number of aromatic amines is 1. The molecule has 0 spiro atoms. The lowest BCUT2D eigenvalue weighted by Crippen LogP contribution is -1.99. The first-order chi connectivity index (χ1) is 14.6. The molecule has 0 saturated heterocycles. The van der Waals surface area contributed by atoms with Gasteiger partial charge < -0.3 is 5.11 Å². The number of carboxylic acids is 1. The fourth-order valence-electron chi connectivity index (χ4n) is 2.90. The van der Waals surface area contributed by atoms with Gasteiger partial charge in [0.2, 0.25) is 5.16 Å². The molecule has 0 aliphatic carbocycles. The van der Waals surface area contributed by atoms with Crippen LogP contribution in [0.1, 0.15) is 5.56 Å². The first-order valence-corrected chi connectivity index (χ1v) is 9.92. The second-order valence-electron chi connectivity index (χ2n) is 6.42. The van der Waals surface area contributed by atoms with E-state index in [1.54, 1.807) is 18.3 Å². The molecule has 2 N–H and O–H groups in total. The van der Waals surface area contributed by atoms with Crippen molar-refractivity contribution in [3.8, 4) is 22.5 Å². The number of nitrogens with one attached hydrogen (secondary N) is 1. The SMILES string of the molecule is O=Nc1cc(-c2cnn(Cc3ccccc3)c2)cc(-c2nc(SCC(=O)O)n[nH]2)c1. The molecule has 2 heterocycles. The Morgan fingerprint density at radius 3 is 2.70 bits per heavy atom. The van der Waals surface area contributed by atoms with E-state index in [1.807, 2.05) is 47.3 Å². The summed E-state index contributed by atoms with van der Waals surface area (Å²) in [5.41, 5.74) is 3.58. The van der Waals surface area contributed by atoms with Gasteiger partial charge in [0.1, 0.15) is 5.69 Å². The van der Waals surface area contributed by atoms with E-state index >= 15 is 0 Å². The summed E-state index contributed by atoms with van der Waals surface area (Å²) in [4.78, 5) is 26.2. The maximum Gasteiger partial charge on any atom is 0.313 e. The first-order valence-electron chi connectivity index (χ1n) is 8.93. The average molecular weight is 420 g/mol. The number of thioether (sulfide) groups is 1. The fraction of sp³-hybridized carbons (Fsp3) is 0.100. The largest absolute Gasteiger partial charge is 0.481 e. The summed E-state index contributed by atoms with van der Waals surface area (Å²) in [5.74, 6) is -0.668. The quantitative estimate of drug-likeness (QED) is 0.326. The molecule has 0 bridgehead atoms. The predicted molar refractivity (Wildman–Crippen MR) is 112 cm³/mol. The van der Waals surface area contributed by atoms with Crippen molar-refractivity contribution in [1.29, 1.82) is 0 Å². The molecule has 150 valence electrons. The first kappa shape index (κ1) is 19.5. The molecule has 30 heavy (non-hydrogen) atoms. The van der Waals surface area contributed by atoms with Crippen LogP contribution in [0, 0.1) is 4.91 Å². The highest BCUT2D eigenvalue weighted by molar-refractivity contribution is 7.99. The maximum atomic E-state index is 11.2. The molecule has 4 rings (SSSR count). The predicted octanol–water partition coefficient (Wildman–Crippen LogP) is 3.96. The molecule has 0 unspecified atom stereocenters. The van der Waals surface area contributed by atoms with Gasteiger partial charge in [-0.15, -0.1) is 10.0 Å². The third-order valence-electron chi connectivity index (χ3n) is 4.24. The number of carbonyl (C=O) groups is 1. The molecular weight excluding hydrogens is 404 g/mol. The summed E-state index contributed by atoms with van der Waals surface area (Å²) in [6.45, 7) is 0.631. The zero-order valence-electron chi connectivity index (χ0n) is 15.6. The van der Waals surface area contributed by atoms with Crippen molar-refractivity contribution < 1.29 is 9.90 Å². The summed E-state index contributed by atoms with van der Waals surface area (Å²) >= 11 is 1.01. The van der Waals surface area contributed by atoms with Crippen molar-refractivity contribution in [2.45, 2.75) is 11.7 Å². The third kappa shape index (κ3) is 4.61. The highest BCUT2D eigenvalue weighted by Gasteiger charge is 2.12. The van der Waals surface area contributed by atoms with Crippen molar-refractivity contribution >= 4 is 23.4 Å². The molecule has 0 amide bonds. The number of hydrogen-bond acceptors (Lipinski definition) is 7. The topological polar surface area (TPSA) is 126 Å². The van der Waals surface area contributed by atoms with Crippen LogP contribution >= 0.6 is 11.8 Å². The van der Waals surface area contributed by atoms with Gasteiger partial charge in [-0.25, -0.2) is 4.98 Å². The van der Waals surface area contributed by atoms with Crippen LogP contribution in [0.3, 0.4) is 0 Å². The van der Waals surface area contributed by atoms with Crippen molar-refractivity contribution in [3.05, 3.63) is 71.4 Å². The molecule has 4 aromatic rings. The Bertz CT molecular complexity index is 1190. The third-order valence-corrected chi connectivity index (χ3v) is 5.07.